The van der Waals surface area contributed by atoms with Crippen molar-refractivity contribution in [3.8, 4) is 0 Å². The highest BCUT2D eigenvalue weighted by Crippen LogP contribution is 2.21. The van der Waals surface area contributed by atoms with E-state index < -0.39 is 113 Å². The summed E-state index contributed by atoms with van der Waals surface area (Å²) in [4.78, 5) is 147. The van der Waals surface area contributed by atoms with Crippen LogP contribution in [0.3, 0.4) is 0 Å². The van der Waals surface area contributed by atoms with E-state index in [1.165, 1.54) is 24.3 Å². The first-order valence-electron chi connectivity index (χ1n) is 31.5. The predicted octanol–water partition coefficient (Wildman–Crippen LogP) is -1.11. The van der Waals surface area contributed by atoms with E-state index in [4.69, 9.17) is 40.1 Å². The van der Waals surface area contributed by atoms with E-state index in [9.17, 15) is 33.6 Å². The zero-order chi connectivity index (χ0) is 68.5. The van der Waals surface area contributed by atoms with Crippen LogP contribution in [0.15, 0.2) is 114 Å². The molecule has 0 bridgehead atoms. The number of aromatic nitrogens is 3. The molecule has 0 radical (unpaired) electrons. The van der Waals surface area contributed by atoms with Crippen molar-refractivity contribution in [2.75, 3.05) is 31.6 Å². The molecular formula is C64H94N20O9S. The molecule has 0 aliphatic rings. The van der Waals surface area contributed by atoms with Gasteiger partial charge in [-0.15, -0.1) is 0 Å². The normalized spacial score (nSPS) is 14.3. The van der Waals surface area contributed by atoms with Gasteiger partial charge in [-0.3, -0.25) is 53.1 Å². The molecule has 10 atom stereocenters. The largest absolute Gasteiger partial charge is 0.370 e. The van der Waals surface area contributed by atoms with Gasteiger partial charge >= 0.3 is 0 Å². The Bertz CT molecular complexity index is 3290. The average Bonchev–Trinajstić information content (AvgIpc) is 1.60. The maximum Gasteiger partial charge on any atom is 0.243 e. The highest BCUT2D eigenvalue weighted by molar-refractivity contribution is 7.98. The van der Waals surface area contributed by atoms with E-state index in [-0.39, 0.29) is 89.3 Å². The molecule has 0 aliphatic heterocycles. The van der Waals surface area contributed by atoms with Crippen LogP contribution >= 0.6 is 11.8 Å². The summed E-state index contributed by atoms with van der Waals surface area (Å²) in [7, 11) is 0. The molecule has 510 valence electrons. The Morgan fingerprint density at radius 3 is 1.51 bits per heavy atom. The number of fused-ring (bicyclic) bond motifs is 1. The number of H-pyrrole nitrogens is 2. The summed E-state index contributed by atoms with van der Waals surface area (Å²) < 4.78 is 0. The van der Waals surface area contributed by atoms with Crippen LogP contribution in [0.2, 0.25) is 0 Å². The molecule has 29 nitrogen and oxygen atoms in total. The van der Waals surface area contributed by atoms with Crippen LogP contribution in [0, 0.1) is 5.92 Å². The van der Waals surface area contributed by atoms with Crippen LogP contribution < -0.4 is 82.7 Å². The number of primary amides is 1. The summed E-state index contributed by atoms with van der Waals surface area (Å²) in [5, 5.41) is 23.2. The number of nitrogens with zero attached hydrogens (tertiary/aromatic N) is 3. The van der Waals surface area contributed by atoms with Crippen LogP contribution in [-0.4, -0.2) is 166 Å². The molecule has 94 heavy (non-hydrogen) atoms. The number of nitrogens with two attached hydrogens (primary N) is 7. The van der Waals surface area contributed by atoms with Crippen molar-refractivity contribution in [1.82, 2.24) is 57.5 Å². The topological polar surface area (TPSA) is 501 Å². The number of para-hydroxylation sites is 1. The van der Waals surface area contributed by atoms with Crippen molar-refractivity contribution in [2.45, 2.75) is 152 Å². The van der Waals surface area contributed by atoms with E-state index in [1.54, 1.807) is 73.8 Å². The predicted molar refractivity (Wildman–Crippen MR) is 362 cm³/mol. The maximum atomic E-state index is 15.0. The minimum absolute atomic E-state index is 0.00997. The number of imidazole rings is 1. The molecule has 30 heteroatoms. The number of hydrogen-bond acceptors (Lipinski definition) is 15. The number of benzene rings is 3. The van der Waals surface area contributed by atoms with Crippen molar-refractivity contribution in [3.05, 3.63) is 126 Å². The Morgan fingerprint density at radius 1 is 0.521 bits per heavy atom. The number of rotatable bonds is 42. The molecule has 2 heterocycles. The van der Waals surface area contributed by atoms with Gasteiger partial charge in [0.25, 0.3) is 0 Å². The lowest BCUT2D eigenvalue weighted by atomic mass is 9.96. The van der Waals surface area contributed by atoms with Gasteiger partial charge in [0.1, 0.15) is 48.3 Å². The van der Waals surface area contributed by atoms with Crippen LogP contribution in [0.1, 0.15) is 94.0 Å². The SMILES string of the molecule is CC[C@H](C)[C@H](NC(=O)[C@@H](Cc1ccccc1)NC(=O)[C@@H](Cc1c[nH]c2ccccc12)NC(=O)[C@@H](N)CCCN=C(N)N)C(=O)N[C@H](Cc1ccccc1)C(=O)N[C@@H](Cc1cnc[nH]1)C(=O)N[C@@H](CCCCN)C(=O)N[C@@H](CCCN=C(N)N)C(=O)N[C@@H](CCSC)C(N)=O. The summed E-state index contributed by atoms with van der Waals surface area (Å²) in [6.07, 6.45) is 8.31. The van der Waals surface area contributed by atoms with Crippen molar-refractivity contribution in [2.24, 2.45) is 56.0 Å². The fourth-order valence-corrected chi connectivity index (χ4v) is 10.7. The molecular weight excluding hydrogens is 1220 g/mol. The Kier molecular flexibility index (Phi) is 31.8. The van der Waals surface area contributed by atoms with Crippen LogP contribution in [0.5, 0.6) is 0 Å². The molecule has 2 aromatic heterocycles. The number of carbonyl (C=O) groups is 9. The summed E-state index contributed by atoms with van der Waals surface area (Å²) in [5.74, 6) is -7.11. The number of guanidine groups is 2. The van der Waals surface area contributed by atoms with Gasteiger partial charge in [-0.1, -0.05) is 99.1 Å². The van der Waals surface area contributed by atoms with Gasteiger partial charge in [-0.25, -0.2) is 4.98 Å². The Balaban J connectivity index is 1.44. The number of hydrogen-bond donors (Lipinski definition) is 17. The molecule has 0 spiro atoms. The first-order chi connectivity index (χ1) is 45.1. The zero-order valence-electron chi connectivity index (χ0n) is 53.6. The van der Waals surface area contributed by atoms with Gasteiger partial charge < -0.3 is 92.6 Å². The standard InChI is InChI=1S/C64H94N20O9S/c1-4-38(2)53(84-61(92)50(32-40-19-9-6-10-20-40)81-59(90)51(33-41-35-75-45-23-12-11-21-43(41)45)80-55(86)44(66)22-15-28-73-63(68)69)62(93)83-49(31-39-17-7-5-8-18-39)58(89)82-52(34-42-36-72-37-76-42)60(91)79-47(24-13-14-27-65)57(88)78-48(25-16-29-74-64(70)71)56(87)77-46(54(67)85)26-30-94-3/h5-12,17-21,23,35-38,44,46-53,75H,4,13-16,22,24-34,65-66H2,1-3H3,(H2,67,85)(H,72,76)(H,77,87)(H,78,88)(H,79,91)(H,80,86)(H,81,90)(H,82,89)(H,83,93)(H,84,92)(H4,68,69,73)(H4,70,71,74)/t38-,44-,46-,47-,48-,49+,50+,51+,52-,53-/m0/s1. The lowest BCUT2D eigenvalue weighted by Gasteiger charge is -2.30. The number of unbranched alkanes of at least 4 members (excludes halogenated alkanes) is 1. The number of thioether (sulfide) groups is 1. The first kappa shape index (κ1) is 75.2. The Labute approximate surface area is 551 Å². The molecule has 9 amide bonds. The van der Waals surface area contributed by atoms with E-state index in [0.717, 1.165) is 10.9 Å². The second-order valence-corrected chi connectivity index (χ2v) is 24.0. The smallest absolute Gasteiger partial charge is 0.243 e. The number of aromatic amines is 2. The Hall–Kier alpha value is -9.55. The third-order valence-electron chi connectivity index (χ3n) is 15.7. The summed E-state index contributed by atoms with van der Waals surface area (Å²) in [5.41, 5.74) is 43.1. The number of nitrogens with one attached hydrogen (secondary N) is 10. The molecule has 0 saturated carbocycles. The highest BCUT2D eigenvalue weighted by atomic mass is 32.2. The molecule has 5 rings (SSSR count). The van der Waals surface area contributed by atoms with E-state index in [0.29, 0.717) is 53.8 Å². The van der Waals surface area contributed by atoms with Crippen molar-refractivity contribution in [1.29, 1.82) is 0 Å². The van der Waals surface area contributed by atoms with Gasteiger partial charge in [0.05, 0.1) is 12.4 Å². The first-order valence-corrected chi connectivity index (χ1v) is 32.9. The molecule has 0 fully saturated rings. The van der Waals surface area contributed by atoms with E-state index >= 15 is 9.59 Å². The summed E-state index contributed by atoms with van der Waals surface area (Å²) in [6, 6.07) is 13.7. The second kappa shape index (κ2) is 39.8. The van der Waals surface area contributed by atoms with Crippen LogP contribution in [0.4, 0.5) is 0 Å². The van der Waals surface area contributed by atoms with Gasteiger partial charge in [-0.2, -0.15) is 11.8 Å². The zero-order valence-corrected chi connectivity index (χ0v) is 54.4. The van der Waals surface area contributed by atoms with Crippen molar-refractivity contribution >= 4 is 87.7 Å². The summed E-state index contributed by atoms with van der Waals surface area (Å²) in [6.45, 7) is 4.15. The molecule has 24 N–H and O–H groups in total. The average molecular weight is 1320 g/mol. The van der Waals surface area contributed by atoms with Crippen molar-refractivity contribution < 1.29 is 43.2 Å². The number of carbonyl (C=O) groups excluding carboxylic acids is 9. The van der Waals surface area contributed by atoms with Crippen LogP contribution in [0.25, 0.3) is 10.9 Å². The molecule has 3 aromatic carbocycles. The monoisotopic (exact) mass is 1320 g/mol. The molecule has 5 aromatic rings. The fraction of sp³-hybridized carbons (Fsp3) is 0.469. The van der Waals surface area contributed by atoms with E-state index in [1.807, 2.05) is 37.4 Å². The van der Waals surface area contributed by atoms with Gasteiger partial charge in [0.15, 0.2) is 11.9 Å². The van der Waals surface area contributed by atoms with Crippen LogP contribution in [-0.2, 0) is 68.8 Å². The van der Waals surface area contributed by atoms with E-state index in [2.05, 4.69) is 67.5 Å². The van der Waals surface area contributed by atoms with Gasteiger partial charge in [0.2, 0.25) is 53.2 Å². The number of aliphatic imine (C=N–C) groups is 2. The van der Waals surface area contributed by atoms with Gasteiger partial charge in [0, 0.05) is 67.8 Å². The minimum atomic E-state index is -1.43. The Morgan fingerprint density at radius 2 is 0.989 bits per heavy atom. The third kappa shape index (κ3) is 25.5. The fourth-order valence-electron chi connectivity index (χ4n) is 10.2. The number of amides is 9. The highest BCUT2D eigenvalue weighted by Gasteiger charge is 2.37. The van der Waals surface area contributed by atoms with Gasteiger partial charge in [-0.05, 0) is 98.6 Å². The third-order valence-corrected chi connectivity index (χ3v) is 16.3. The molecule has 0 aliphatic carbocycles. The van der Waals surface area contributed by atoms with Crippen molar-refractivity contribution in [3.63, 3.8) is 0 Å². The quantitative estimate of drug-likeness (QED) is 0.0125. The minimum Gasteiger partial charge on any atom is -0.370 e. The molecule has 0 unspecified atom stereocenters. The lowest BCUT2D eigenvalue weighted by molar-refractivity contribution is -0.136. The molecule has 0 saturated heterocycles. The lowest BCUT2D eigenvalue weighted by Crippen LogP contribution is -2.62. The maximum absolute atomic E-state index is 15.0. The summed E-state index contributed by atoms with van der Waals surface area (Å²) >= 11 is 1.45. The second-order valence-electron chi connectivity index (χ2n) is 23.0.